The van der Waals surface area contributed by atoms with Crippen molar-refractivity contribution < 1.29 is 0 Å². The average Bonchev–Trinajstić information content (AvgIpc) is 3.09. The van der Waals surface area contributed by atoms with Crippen molar-refractivity contribution in [3.05, 3.63) is 95.5 Å². The molecule has 1 heterocycles. The molecule has 0 amide bonds. The molecule has 2 aliphatic rings. The van der Waals surface area contributed by atoms with E-state index in [-0.39, 0.29) is 0 Å². The van der Waals surface area contributed by atoms with Crippen LogP contribution in [0.2, 0.25) is 0 Å². The van der Waals surface area contributed by atoms with Gasteiger partial charge in [-0.1, -0.05) is 76.5 Å². The molecule has 134 valence electrons. The molecule has 0 bridgehead atoms. The summed E-state index contributed by atoms with van der Waals surface area (Å²) in [4.78, 5) is 0. The summed E-state index contributed by atoms with van der Waals surface area (Å²) >= 11 is 0. The van der Waals surface area contributed by atoms with Crippen molar-refractivity contribution in [1.82, 2.24) is 5.32 Å². The van der Waals surface area contributed by atoms with Crippen LogP contribution in [-0.4, -0.2) is 0 Å². The Bertz CT molecular complexity index is 660. The van der Waals surface area contributed by atoms with Crippen molar-refractivity contribution >= 4 is 0 Å². The third-order valence-corrected chi connectivity index (χ3v) is 4.25. The number of rotatable bonds is 6. The van der Waals surface area contributed by atoms with E-state index in [0.29, 0.717) is 0 Å². The number of nitrogens with one attached hydrogen (secondary N) is 1. The van der Waals surface area contributed by atoms with Crippen LogP contribution < -0.4 is 5.32 Å². The topological polar surface area (TPSA) is 12.0 Å². The fraction of sp³-hybridized carbons (Fsp3) is 0.333. The Balaban J connectivity index is 0.00000151. The fourth-order valence-electron chi connectivity index (χ4n) is 3.12. The van der Waals surface area contributed by atoms with Gasteiger partial charge in [-0.05, 0) is 49.0 Å². The van der Waals surface area contributed by atoms with Gasteiger partial charge in [0.15, 0.2) is 0 Å². The minimum Gasteiger partial charge on any atom is -0.358 e. The zero-order valence-electron chi connectivity index (χ0n) is 16.4. The lowest BCUT2D eigenvalue weighted by Crippen LogP contribution is -2.10. The maximum absolute atomic E-state index is 4.03. The molecule has 0 unspecified atom stereocenters. The van der Waals surface area contributed by atoms with Crippen LogP contribution in [0.25, 0.3) is 0 Å². The van der Waals surface area contributed by atoms with Gasteiger partial charge in [-0.25, -0.2) is 0 Å². The van der Waals surface area contributed by atoms with Gasteiger partial charge in [0, 0.05) is 23.4 Å². The number of hydrogen-bond donors (Lipinski definition) is 1. The third-order valence-electron chi connectivity index (χ3n) is 4.25. The summed E-state index contributed by atoms with van der Waals surface area (Å²) in [5, 5.41) is 3.64. The summed E-state index contributed by atoms with van der Waals surface area (Å²) in [7, 11) is 0. The van der Waals surface area contributed by atoms with Gasteiger partial charge in [-0.3, -0.25) is 0 Å². The van der Waals surface area contributed by atoms with Crippen LogP contribution >= 0.6 is 0 Å². The van der Waals surface area contributed by atoms with Crippen molar-refractivity contribution in [3.63, 3.8) is 0 Å². The molecule has 0 saturated carbocycles. The van der Waals surface area contributed by atoms with Crippen LogP contribution in [0.3, 0.4) is 0 Å². The van der Waals surface area contributed by atoms with Crippen LogP contribution in [0.1, 0.15) is 53.4 Å². The van der Waals surface area contributed by atoms with Crippen molar-refractivity contribution in [1.29, 1.82) is 0 Å². The van der Waals surface area contributed by atoms with E-state index in [9.17, 15) is 0 Å². The Labute approximate surface area is 154 Å². The molecule has 0 radical (unpaired) electrons. The second-order valence-electron chi connectivity index (χ2n) is 5.75. The molecule has 0 saturated heterocycles. The summed E-state index contributed by atoms with van der Waals surface area (Å²) in [5.74, 6) is 0. The Kier molecular flexibility index (Phi) is 9.39. The summed E-state index contributed by atoms with van der Waals surface area (Å²) in [6.45, 7) is 16.1. The Morgan fingerprint density at radius 2 is 2.00 bits per heavy atom. The average molecular weight is 336 g/mol. The van der Waals surface area contributed by atoms with E-state index >= 15 is 0 Å². The van der Waals surface area contributed by atoms with Crippen molar-refractivity contribution in [2.75, 3.05) is 0 Å². The van der Waals surface area contributed by atoms with Gasteiger partial charge < -0.3 is 5.32 Å². The summed E-state index contributed by atoms with van der Waals surface area (Å²) in [5.41, 5.74) is 7.80. The van der Waals surface area contributed by atoms with E-state index in [0.717, 1.165) is 31.3 Å². The van der Waals surface area contributed by atoms with Crippen LogP contribution in [0, 0.1) is 0 Å². The third kappa shape index (κ3) is 5.35. The molecule has 0 fully saturated rings. The lowest BCUT2D eigenvalue weighted by atomic mass is 9.91. The second kappa shape index (κ2) is 11.3. The minimum absolute atomic E-state index is 0.966. The molecule has 2 rings (SSSR count). The van der Waals surface area contributed by atoms with Gasteiger partial charge in [0.1, 0.15) is 0 Å². The SMILES string of the molecule is C=C/C=C(CC)/C(=C1\CC2=C(C=CCC2)N1)C(/C=C)=C/C=C\C.CC. The van der Waals surface area contributed by atoms with Crippen molar-refractivity contribution in [2.24, 2.45) is 0 Å². The molecule has 25 heavy (non-hydrogen) atoms. The largest absolute Gasteiger partial charge is 0.358 e. The molecule has 0 atom stereocenters. The quantitative estimate of drug-likeness (QED) is 0.512. The molecule has 1 N–H and O–H groups in total. The predicted molar refractivity (Wildman–Crippen MR) is 113 cm³/mol. The van der Waals surface area contributed by atoms with Crippen LogP contribution in [-0.2, 0) is 0 Å². The van der Waals surface area contributed by atoms with Gasteiger partial charge in [-0.15, -0.1) is 0 Å². The van der Waals surface area contributed by atoms with E-state index in [1.165, 1.54) is 28.1 Å². The summed E-state index contributed by atoms with van der Waals surface area (Å²) < 4.78 is 0. The zero-order chi connectivity index (χ0) is 18.7. The maximum Gasteiger partial charge on any atom is 0.0374 e. The number of allylic oxidation sites excluding steroid dienone is 12. The van der Waals surface area contributed by atoms with Crippen molar-refractivity contribution in [2.45, 2.75) is 53.4 Å². The van der Waals surface area contributed by atoms with E-state index in [2.05, 4.69) is 55.8 Å². The van der Waals surface area contributed by atoms with Gasteiger partial charge in [-0.2, -0.15) is 0 Å². The first-order valence-corrected chi connectivity index (χ1v) is 9.41. The lowest BCUT2D eigenvalue weighted by Gasteiger charge is -2.16. The smallest absolute Gasteiger partial charge is 0.0374 e. The van der Waals surface area contributed by atoms with Gasteiger partial charge in [0.05, 0.1) is 0 Å². The predicted octanol–water partition coefficient (Wildman–Crippen LogP) is 7.08. The summed E-state index contributed by atoms with van der Waals surface area (Å²) in [6, 6.07) is 0. The van der Waals surface area contributed by atoms with E-state index in [1.54, 1.807) is 0 Å². The highest BCUT2D eigenvalue weighted by molar-refractivity contribution is 5.58. The first-order valence-electron chi connectivity index (χ1n) is 9.41. The van der Waals surface area contributed by atoms with Crippen LogP contribution in [0.15, 0.2) is 95.5 Å². The van der Waals surface area contributed by atoms with Gasteiger partial charge in [0.2, 0.25) is 0 Å². The second-order valence-corrected chi connectivity index (χ2v) is 5.75. The van der Waals surface area contributed by atoms with Gasteiger partial charge >= 0.3 is 0 Å². The molecule has 1 aliphatic carbocycles. The van der Waals surface area contributed by atoms with E-state index in [1.807, 2.05) is 39.0 Å². The standard InChI is InChI=1S/C22H27N.C2H6/c1-5-9-13-18(8-4)22(17(7-3)12-6-2)21-16-19-14-10-11-15-20(19)23-21;1-2/h5-6,8-9,11-13,15,23H,2,4,7,10,14,16H2,1,3H3;1-2H3/b9-5-,17-12+,18-13+,22-21-;. The van der Waals surface area contributed by atoms with Crippen molar-refractivity contribution in [3.8, 4) is 0 Å². The molecule has 1 aliphatic heterocycles. The maximum atomic E-state index is 4.03. The summed E-state index contributed by atoms with van der Waals surface area (Å²) in [6.07, 6.45) is 20.9. The molecule has 0 spiro atoms. The highest BCUT2D eigenvalue weighted by Gasteiger charge is 2.23. The van der Waals surface area contributed by atoms with E-state index in [4.69, 9.17) is 0 Å². The Morgan fingerprint density at radius 3 is 2.56 bits per heavy atom. The minimum atomic E-state index is 0.966. The molecule has 0 aromatic carbocycles. The molecular weight excluding hydrogens is 302 g/mol. The number of hydrogen-bond acceptors (Lipinski definition) is 1. The molecular formula is C24H33N. The molecule has 0 aromatic heterocycles. The fourth-order valence-corrected chi connectivity index (χ4v) is 3.12. The Morgan fingerprint density at radius 1 is 1.24 bits per heavy atom. The zero-order valence-corrected chi connectivity index (χ0v) is 16.4. The highest BCUT2D eigenvalue weighted by atomic mass is 14.9. The molecule has 1 nitrogen and oxygen atoms in total. The normalized spacial score (nSPS) is 19.2. The van der Waals surface area contributed by atoms with Crippen LogP contribution in [0.4, 0.5) is 0 Å². The first-order chi connectivity index (χ1) is 12.2. The Hall–Kier alpha value is -2.28. The van der Waals surface area contributed by atoms with Crippen LogP contribution in [0.5, 0.6) is 0 Å². The first kappa shape index (κ1) is 20.8. The monoisotopic (exact) mass is 335 g/mol. The molecule has 1 heteroatoms. The lowest BCUT2D eigenvalue weighted by molar-refractivity contribution is 0.921. The highest BCUT2D eigenvalue weighted by Crippen LogP contribution is 2.36. The van der Waals surface area contributed by atoms with E-state index < -0.39 is 0 Å². The van der Waals surface area contributed by atoms with Gasteiger partial charge in [0.25, 0.3) is 0 Å². The molecule has 0 aromatic rings.